The van der Waals surface area contributed by atoms with E-state index in [1.165, 1.54) is 12.1 Å². The zero-order valence-corrected chi connectivity index (χ0v) is 16.5. The fourth-order valence-electron chi connectivity index (χ4n) is 2.53. The number of nitrogens with one attached hydrogen (secondary N) is 1. The molecule has 0 atom stereocenters. The van der Waals surface area contributed by atoms with Gasteiger partial charge in [-0.15, -0.1) is 0 Å². The Hall–Kier alpha value is -2.90. The second-order valence-electron chi connectivity index (χ2n) is 5.96. The number of nitrogens with zero attached hydrogens (tertiary/aromatic N) is 1. The van der Waals surface area contributed by atoms with E-state index >= 15 is 0 Å². The Morgan fingerprint density at radius 1 is 1.07 bits per heavy atom. The van der Waals surface area contributed by atoms with Gasteiger partial charge >= 0.3 is 0 Å². The highest BCUT2D eigenvalue weighted by Gasteiger charge is 2.13. The van der Waals surface area contributed by atoms with Crippen molar-refractivity contribution in [3.05, 3.63) is 83.7 Å². The number of hydrogen-bond donors (Lipinski definition) is 3. The van der Waals surface area contributed by atoms with Crippen LogP contribution in [-0.4, -0.2) is 31.8 Å². The van der Waals surface area contributed by atoms with Crippen LogP contribution >= 0.6 is 24.0 Å². The Morgan fingerprint density at radius 3 is 2.64 bits per heavy atom. The summed E-state index contributed by atoms with van der Waals surface area (Å²) in [7, 11) is 0. The number of hydrogen-bond acceptors (Lipinski definition) is 6. The normalized spacial score (nSPS) is 10.4. The van der Waals surface area contributed by atoms with Gasteiger partial charge in [0.05, 0.1) is 0 Å². The van der Waals surface area contributed by atoms with Gasteiger partial charge in [-0.2, -0.15) is 0 Å². The van der Waals surface area contributed by atoms with Crippen LogP contribution in [0.15, 0.2) is 71.9 Å². The van der Waals surface area contributed by atoms with Crippen molar-refractivity contribution in [2.75, 3.05) is 6.54 Å². The number of benzene rings is 2. The molecule has 3 N–H and O–H groups in total. The number of thiocarbonyl (C=S) groups is 1. The molecule has 0 bridgehead atoms. The van der Waals surface area contributed by atoms with Crippen LogP contribution in [-0.2, 0) is 6.42 Å². The molecule has 3 rings (SSSR count). The molecule has 142 valence electrons. The first-order valence-electron chi connectivity index (χ1n) is 8.55. The molecule has 3 aromatic rings. The maximum Gasteiger partial charge on any atom is 0.225 e. The number of phenols is 2. The lowest BCUT2D eigenvalue weighted by atomic mass is 10.1. The lowest BCUT2D eigenvalue weighted by Crippen LogP contribution is -2.25. The van der Waals surface area contributed by atoms with Crippen LogP contribution < -0.4 is 5.32 Å². The van der Waals surface area contributed by atoms with Crippen LogP contribution in [0.2, 0.25) is 0 Å². The Labute approximate surface area is 172 Å². The second-order valence-corrected chi connectivity index (χ2v) is 7.38. The molecule has 0 saturated carbocycles. The maximum atomic E-state index is 12.5. The van der Waals surface area contributed by atoms with E-state index < -0.39 is 0 Å². The van der Waals surface area contributed by atoms with Gasteiger partial charge in [0.1, 0.15) is 4.99 Å². The van der Waals surface area contributed by atoms with Gasteiger partial charge in [0.25, 0.3) is 0 Å². The zero-order chi connectivity index (χ0) is 19.9. The van der Waals surface area contributed by atoms with E-state index in [1.807, 2.05) is 24.3 Å². The number of carbonyl (C=O) groups excluding carboxylic acids is 1. The predicted octanol–water partition coefficient (Wildman–Crippen LogP) is 3.93. The van der Waals surface area contributed by atoms with Gasteiger partial charge in [-0.3, -0.25) is 9.78 Å². The van der Waals surface area contributed by atoms with Crippen molar-refractivity contribution in [3.63, 3.8) is 0 Å². The van der Waals surface area contributed by atoms with Crippen LogP contribution in [0.1, 0.15) is 21.5 Å². The summed E-state index contributed by atoms with van der Waals surface area (Å²) in [6.07, 6.45) is 3.79. The minimum atomic E-state index is -0.143. The maximum absolute atomic E-state index is 12.5. The predicted molar refractivity (Wildman–Crippen MR) is 114 cm³/mol. The molecule has 0 fully saturated rings. The van der Waals surface area contributed by atoms with E-state index in [9.17, 15) is 15.0 Å². The van der Waals surface area contributed by atoms with Gasteiger partial charge in [-0.1, -0.05) is 36.5 Å². The van der Waals surface area contributed by atoms with Gasteiger partial charge in [-0.25, -0.2) is 0 Å². The third kappa shape index (κ3) is 5.09. The molecule has 1 heterocycles. The Bertz CT molecular complexity index is 994. The molecule has 0 aliphatic carbocycles. The van der Waals surface area contributed by atoms with Crippen molar-refractivity contribution < 1.29 is 15.0 Å². The molecule has 0 radical (unpaired) electrons. The molecule has 0 unspecified atom stereocenters. The van der Waals surface area contributed by atoms with Gasteiger partial charge < -0.3 is 15.5 Å². The number of thioether (sulfide) groups is 1. The minimum absolute atomic E-state index is 0.0945. The number of phenolic OH excluding ortho intramolecular Hbond substituents is 2. The Kier molecular flexibility index (Phi) is 6.62. The van der Waals surface area contributed by atoms with Gasteiger partial charge in [0.2, 0.25) is 5.12 Å². The molecule has 0 spiro atoms. The molecule has 5 nitrogen and oxygen atoms in total. The van der Waals surface area contributed by atoms with Crippen molar-refractivity contribution >= 4 is 34.1 Å². The molecule has 0 saturated heterocycles. The summed E-state index contributed by atoms with van der Waals surface area (Å²) < 4.78 is 0. The van der Waals surface area contributed by atoms with Crippen molar-refractivity contribution in [1.82, 2.24) is 10.3 Å². The highest BCUT2D eigenvalue weighted by atomic mass is 32.2. The third-order valence-electron chi connectivity index (χ3n) is 3.97. The summed E-state index contributed by atoms with van der Waals surface area (Å²) in [5, 5.41) is 22.0. The van der Waals surface area contributed by atoms with Gasteiger partial charge in [0.15, 0.2) is 11.5 Å². The number of rotatable bonds is 6. The van der Waals surface area contributed by atoms with E-state index in [1.54, 1.807) is 30.6 Å². The van der Waals surface area contributed by atoms with Crippen molar-refractivity contribution in [1.29, 1.82) is 0 Å². The SMILES string of the molecule is O=C(Sc1ccccc1C(=S)NCCc1ccc(O)c(O)c1)c1cccnc1. The fraction of sp³-hybridized carbons (Fsp3) is 0.0952. The van der Waals surface area contributed by atoms with Crippen molar-refractivity contribution in [2.45, 2.75) is 11.3 Å². The summed E-state index contributed by atoms with van der Waals surface area (Å²) in [5.41, 5.74) is 2.20. The fourth-order valence-corrected chi connectivity index (χ4v) is 3.74. The van der Waals surface area contributed by atoms with E-state index in [-0.39, 0.29) is 16.6 Å². The lowest BCUT2D eigenvalue weighted by molar-refractivity contribution is 0.108. The summed E-state index contributed by atoms with van der Waals surface area (Å²) >= 11 is 6.62. The van der Waals surface area contributed by atoms with E-state index in [0.29, 0.717) is 23.5 Å². The van der Waals surface area contributed by atoms with Crippen LogP contribution in [0, 0.1) is 0 Å². The monoisotopic (exact) mass is 410 g/mol. The first kappa shape index (κ1) is 19.9. The van der Waals surface area contributed by atoms with Gasteiger partial charge in [0, 0.05) is 35.0 Å². The Balaban J connectivity index is 1.63. The smallest absolute Gasteiger partial charge is 0.225 e. The van der Waals surface area contributed by atoms with Gasteiger partial charge in [-0.05, 0) is 54.1 Å². The van der Waals surface area contributed by atoms with Crippen LogP contribution in [0.5, 0.6) is 11.5 Å². The van der Waals surface area contributed by atoms with Crippen molar-refractivity contribution in [2.24, 2.45) is 0 Å². The zero-order valence-electron chi connectivity index (χ0n) is 14.8. The number of pyridine rings is 1. The summed E-state index contributed by atoms with van der Waals surface area (Å²) in [6, 6.07) is 15.7. The van der Waals surface area contributed by atoms with E-state index in [4.69, 9.17) is 12.2 Å². The van der Waals surface area contributed by atoms with E-state index in [0.717, 1.165) is 27.8 Å². The van der Waals surface area contributed by atoms with Crippen LogP contribution in [0.3, 0.4) is 0 Å². The average molecular weight is 411 g/mol. The van der Waals surface area contributed by atoms with Crippen molar-refractivity contribution in [3.8, 4) is 11.5 Å². The molecule has 0 aliphatic rings. The molecule has 28 heavy (non-hydrogen) atoms. The van der Waals surface area contributed by atoms with Crippen LogP contribution in [0.4, 0.5) is 0 Å². The Morgan fingerprint density at radius 2 is 1.89 bits per heavy atom. The largest absolute Gasteiger partial charge is 0.504 e. The molecule has 0 amide bonds. The first-order valence-corrected chi connectivity index (χ1v) is 9.77. The quantitative estimate of drug-likeness (QED) is 0.323. The summed E-state index contributed by atoms with van der Waals surface area (Å²) in [6.45, 7) is 0.554. The minimum Gasteiger partial charge on any atom is -0.504 e. The third-order valence-corrected chi connectivity index (χ3v) is 5.33. The van der Waals surface area contributed by atoms with E-state index in [2.05, 4.69) is 10.3 Å². The highest BCUT2D eigenvalue weighted by Crippen LogP contribution is 2.27. The summed E-state index contributed by atoms with van der Waals surface area (Å²) in [5.74, 6) is -0.285. The number of carbonyl (C=O) groups is 1. The highest BCUT2D eigenvalue weighted by molar-refractivity contribution is 8.14. The lowest BCUT2D eigenvalue weighted by Gasteiger charge is -2.12. The molecule has 1 aromatic heterocycles. The molecule has 7 heteroatoms. The number of aromatic hydroxyl groups is 2. The number of aromatic nitrogens is 1. The average Bonchev–Trinajstić information content (AvgIpc) is 2.71. The first-order chi connectivity index (χ1) is 13.5. The topological polar surface area (TPSA) is 82.5 Å². The molecular weight excluding hydrogens is 392 g/mol. The molecule has 0 aliphatic heterocycles. The molecule has 2 aromatic carbocycles. The standard InChI is InChI=1S/C21H18N2O3S2/c24-17-8-7-14(12-18(17)25)9-11-23-20(27)16-5-1-2-6-19(16)28-21(26)15-4-3-10-22-13-15/h1-8,10,12-13,24-25H,9,11H2,(H,23,27). The summed E-state index contributed by atoms with van der Waals surface area (Å²) in [4.78, 5) is 17.8. The second kappa shape index (κ2) is 9.34. The molecular formula is C21H18N2O3S2. The van der Waals surface area contributed by atoms with Crippen LogP contribution in [0.25, 0.3) is 0 Å².